The monoisotopic (exact) mass is 311 g/mol. The van der Waals surface area contributed by atoms with Gasteiger partial charge in [0.2, 0.25) is 5.65 Å². The first-order valence-corrected chi connectivity index (χ1v) is 6.55. The van der Waals surface area contributed by atoms with E-state index in [-0.39, 0.29) is 16.8 Å². The van der Waals surface area contributed by atoms with Gasteiger partial charge in [0.15, 0.2) is 0 Å². The first kappa shape index (κ1) is 13.1. The second-order valence-corrected chi connectivity index (χ2v) is 4.73. The molecule has 0 bridgehead atoms. The van der Waals surface area contributed by atoms with Gasteiger partial charge >= 0.3 is 5.97 Å². The quantitative estimate of drug-likeness (QED) is 0.513. The largest absolute Gasteiger partial charge is 0.465 e. The number of H-pyrrole nitrogens is 1. The fraction of sp³-hybridized carbons (Fsp3) is 0.0769. The fourth-order valence-corrected chi connectivity index (χ4v) is 2.39. The summed E-state index contributed by atoms with van der Waals surface area (Å²) in [5, 5.41) is 17.6. The summed E-state index contributed by atoms with van der Waals surface area (Å²) in [6.45, 7) is 0. The summed E-state index contributed by atoms with van der Waals surface area (Å²) >= 11 is 0. The third kappa shape index (κ3) is 1.88. The van der Waals surface area contributed by atoms with Gasteiger partial charge in [-0.1, -0.05) is 0 Å². The molecule has 0 unspecified atom stereocenters. The number of aromatic amines is 1. The second kappa shape index (κ2) is 4.73. The SMILES string of the molecule is COC(=O)c1cn(-c2cccn3nnnc23)cc2c(=O)[nH]nc1-2. The summed E-state index contributed by atoms with van der Waals surface area (Å²) in [7, 11) is 1.26. The van der Waals surface area contributed by atoms with Gasteiger partial charge in [0.25, 0.3) is 5.56 Å². The third-order valence-electron chi connectivity index (χ3n) is 3.45. The number of nitrogens with one attached hydrogen (secondary N) is 1. The fourth-order valence-electron chi connectivity index (χ4n) is 2.39. The summed E-state index contributed by atoms with van der Waals surface area (Å²) in [4.78, 5) is 23.9. The molecule has 2 aromatic heterocycles. The predicted octanol–water partition coefficient (Wildman–Crippen LogP) is -0.110. The molecule has 10 heteroatoms. The summed E-state index contributed by atoms with van der Waals surface area (Å²) in [5.41, 5.74) is 1.37. The third-order valence-corrected chi connectivity index (χ3v) is 3.45. The van der Waals surface area contributed by atoms with Crippen LogP contribution in [-0.4, -0.2) is 47.9 Å². The summed E-state index contributed by atoms with van der Waals surface area (Å²) in [6.07, 6.45) is 4.78. The van der Waals surface area contributed by atoms with Gasteiger partial charge < -0.3 is 9.30 Å². The number of hydrogen-bond acceptors (Lipinski definition) is 7. The molecule has 0 atom stereocenters. The van der Waals surface area contributed by atoms with Crippen molar-refractivity contribution < 1.29 is 9.53 Å². The van der Waals surface area contributed by atoms with Gasteiger partial charge in [-0.3, -0.25) is 4.79 Å². The Balaban J connectivity index is 2.06. The van der Waals surface area contributed by atoms with Gasteiger partial charge in [0.1, 0.15) is 11.3 Å². The highest BCUT2D eigenvalue weighted by molar-refractivity contribution is 5.96. The number of rotatable bonds is 2. The first-order chi connectivity index (χ1) is 11.2. The number of methoxy groups -OCH3 is 1. The molecule has 4 rings (SSSR count). The van der Waals surface area contributed by atoms with E-state index in [0.29, 0.717) is 11.3 Å². The predicted molar refractivity (Wildman–Crippen MR) is 76.5 cm³/mol. The summed E-state index contributed by atoms with van der Waals surface area (Å²) < 4.78 is 7.84. The van der Waals surface area contributed by atoms with E-state index in [1.807, 2.05) is 0 Å². The van der Waals surface area contributed by atoms with E-state index >= 15 is 0 Å². The first-order valence-electron chi connectivity index (χ1n) is 6.55. The van der Waals surface area contributed by atoms with Crippen molar-refractivity contribution in [3.05, 3.63) is 46.6 Å². The van der Waals surface area contributed by atoms with Gasteiger partial charge in [-0.15, -0.1) is 5.10 Å². The maximum Gasteiger partial charge on any atom is 0.341 e. The van der Waals surface area contributed by atoms with Crippen LogP contribution >= 0.6 is 0 Å². The number of nitrogens with zero attached hydrogens (tertiary/aromatic N) is 6. The molecule has 0 saturated heterocycles. The maximum absolute atomic E-state index is 12.0. The molecular formula is C13H9N7O3. The van der Waals surface area contributed by atoms with E-state index in [0.717, 1.165) is 0 Å². The minimum absolute atomic E-state index is 0.165. The van der Waals surface area contributed by atoms with E-state index in [2.05, 4.69) is 25.7 Å². The molecule has 0 saturated carbocycles. The van der Waals surface area contributed by atoms with Crippen molar-refractivity contribution in [3.63, 3.8) is 0 Å². The highest BCUT2D eigenvalue weighted by Crippen LogP contribution is 2.23. The second-order valence-electron chi connectivity index (χ2n) is 4.73. The lowest BCUT2D eigenvalue weighted by Gasteiger charge is -2.11. The Hall–Kier alpha value is -3.56. The van der Waals surface area contributed by atoms with Crippen molar-refractivity contribution in [1.82, 2.24) is 34.8 Å². The highest BCUT2D eigenvalue weighted by atomic mass is 16.5. The molecule has 4 heterocycles. The Morgan fingerprint density at radius 1 is 1.35 bits per heavy atom. The van der Waals surface area contributed by atoms with E-state index in [4.69, 9.17) is 4.74 Å². The molecule has 0 radical (unpaired) electrons. The van der Waals surface area contributed by atoms with Crippen molar-refractivity contribution in [2.75, 3.05) is 7.11 Å². The maximum atomic E-state index is 12.0. The van der Waals surface area contributed by atoms with Crippen LogP contribution in [0, 0.1) is 0 Å². The molecule has 0 fully saturated rings. The van der Waals surface area contributed by atoms with E-state index < -0.39 is 11.5 Å². The molecule has 0 amide bonds. The van der Waals surface area contributed by atoms with Gasteiger partial charge in [-0.2, -0.15) is 9.61 Å². The molecule has 0 spiro atoms. The van der Waals surface area contributed by atoms with Crippen LogP contribution in [0.25, 0.3) is 22.6 Å². The smallest absolute Gasteiger partial charge is 0.341 e. The molecule has 2 aliphatic heterocycles. The van der Waals surface area contributed by atoms with Gasteiger partial charge in [-0.25, -0.2) is 9.89 Å². The van der Waals surface area contributed by atoms with Crippen LogP contribution in [-0.2, 0) is 4.74 Å². The Bertz CT molecular complexity index is 1060. The summed E-state index contributed by atoms with van der Waals surface area (Å²) in [6, 6.07) is 3.52. The standard InChI is InChI=1S/C13H9N7O3/c1-23-13(22)8-6-19(5-7-10(8)14-16-12(7)21)9-3-2-4-20-11(9)15-17-18-20/h2-6H,1H3,(H,16,21). The zero-order valence-corrected chi connectivity index (χ0v) is 11.8. The molecule has 114 valence electrons. The molecule has 1 N–H and O–H groups in total. The molecular weight excluding hydrogens is 302 g/mol. The van der Waals surface area contributed by atoms with E-state index in [1.54, 1.807) is 29.1 Å². The Labute approximate surface area is 127 Å². The number of tetrazole rings is 1. The van der Waals surface area contributed by atoms with Crippen molar-refractivity contribution in [2.24, 2.45) is 0 Å². The van der Waals surface area contributed by atoms with Gasteiger partial charge in [0.05, 0.1) is 18.4 Å². The number of pyridine rings is 2. The lowest BCUT2D eigenvalue weighted by molar-refractivity contribution is 0.0600. The number of carbonyl (C=O) groups excluding carboxylic acids is 1. The average molecular weight is 311 g/mol. The molecule has 10 nitrogen and oxygen atoms in total. The molecule has 2 aromatic rings. The van der Waals surface area contributed by atoms with Crippen LogP contribution < -0.4 is 5.56 Å². The van der Waals surface area contributed by atoms with Gasteiger partial charge in [0, 0.05) is 18.6 Å². The molecule has 0 aromatic carbocycles. The number of esters is 1. The number of ether oxygens (including phenoxy) is 1. The van der Waals surface area contributed by atoms with Crippen LogP contribution in [0.5, 0.6) is 0 Å². The Morgan fingerprint density at radius 3 is 3.04 bits per heavy atom. The lowest BCUT2D eigenvalue weighted by Crippen LogP contribution is -2.11. The summed E-state index contributed by atoms with van der Waals surface area (Å²) in [5.74, 6) is -0.595. The lowest BCUT2D eigenvalue weighted by atomic mass is 10.1. The number of carbonyl (C=O) groups is 1. The van der Waals surface area contributed by atoms with Gasteiger partial charge in [-0.05, 0) is 22.6 Å². The Kier molecular flexibility index (Phi) is 2.70. The molecule has 0 aliphatic carbocycles. The van der Waals surface area contributed by atoms with Crippen molar-refractivity contribution in [2.45, 2.75) is 0 Å². The molecule has 2 aliphatic rings. The molecule has 23 heavy (non-hydrogen) atoms. The number of fused-ring (bicyclic) bond motifs is 2. The Morgan fingerprint density at radius 2 is 2.22 bits per heavy atom. The van der Waals surface area contributed by atoms with Crippen LogP contribution in [0.2, 0.25) is 0 Å². The normalized spacial score (nSPS) is 11.2. The minimum atomic E-state index is -0.595. The zero-order valence-electron chi connectivity index (χ0n) is 11.8. The van der Waals surface area contributed by atoms with Crippen molar-refractivity contribution >= 4 is 11.6 Å². The van der Waals surface area contributed by atoms with Crippen LogP contribution in [0.1, 0.15) is 10.4 Å². The topological polar surface area (TPSA) is 120 Å². The number of hydrogen-bond donors (Lipinski definition) is 1. The average Bonchev–Trinajstić information content (AvgIpc) is 3.20. The van der Waals surface area contributed by atoms with Crippen molar-refractivity contribution in [3.8, 4) is 16.9 Å². The minimum Gasteiger partial charge on any atom is -0.465 e. The van der Waals surface area contributed by atoms with E-state index in [1.165, 1.54) is 17.8 Å². The van der Waals surface area contributed by atoms with Crippen LogP contribution in [0.3, 0.4) is 0 Å². The van der Waals surface area contributed by atoms with Crippen LogP contribution in [0.15, 0.2) is 35.5 Å². The van der Waals surface area contributed by atoms with Crippen molar-refractivity contribution in [1.29, 1.82) is 0 Å². The number of aromatic nitrogens is 7. The van der Waals surface area contributed by atoms with Crippen LogP contribution in [0.4, 0.5) is 0 Å². The highest BCUT2D eigenvalue weighted by Gasteiger charge is 2.22. The van der Waals surface area contributed by atoms with E-state index in [9.17, 15) is 9.59 Å². The zero-order chi connectivity index (χ0) is 16.0.